The highest BCUT2D eigenvalue weighted by atomic mass is 16.5. The Kier molecular flexibility index (Phi) is 6.33. The summed E-state index contributed by atoms with van der Waals surface area (Å²) in [6.07, 6.45) is 0.191. The van der Waals surface area contributed by atoms with Crippen LogP contribution < -0.4 is 19.7 Å². The molecular weight excluding hydrogens is 458 g/mol. The molecule has 3 aromatic carbocycles. The Morgan fingerprint density at radius 3 is 2.39 bits per heavy atom. The quantitative estimate of drug-likeness (QED) is 0.527. The van der Waals surface area contributed by atoms with Crippen LogP contribution in [0.25, 0.3) is 0 Å². The van der Waals surface area contributed by atoms with Crippen LogP contribution in [0.15, 0.2) is 66.7 Å². The number of para-hydroxylation sites is 1. The smallest absolute Gasteiger partial charge is 0.260 e. The molecule has 2 heterocycles. The van der Waals surface area contributed by atoms with E-state index in [1.807, 2.05) is 42.5 Å². The molecule has 184 valence electrons. The highest BCUT2D eigenvalue weighted by Crippen LogP contribution is 2.45. The van der Waals surface area contributed by atoms with Crippen molar-refractivity contribution in [1.29, 1.82) is 0 Å². The van der Waals surface area contributed by atoms with Gasteiger partial charge in [-0.1, -0.05) is 36.4 Å². The number of carbonyl (C=O) groups is 3. The van der Waals surface area contributed by atoms with Crippen molar-refractivity contribution >= 4 is 23.4 Å². The zero-order valence-corrected chi connectivity index (χ0v) is 20.2. The second-order valence-corrected chi connectivity index (χ2v) is 8.69. The number of benzene rings is 3. The van der Waals surface area contributed by atoms with Crippen LogP contribution in [0.5, 0.6) is 11.5 Å². The van der Waals surface area contributed by atoms with E-state index in [-0.39, 0.29) is 30.7 Å². The monoisotopic (exact) mass is 485 g/mol. The highest BCUT2D eigenvalue weighted by molar-refractivity contribution is 6.16. The zero-order valence-electron chi connectivity index (χ0n) is 20.2. The molecule has 0 unspecified atom stereocenters. The Hall–Kier alpha value is -4.33. The van der Waals surface area contributed by atoms with Gasteiger partial charge in [-0.3, -0.25) is 19.3 Å². The van der Waals surface area contributed by atoms with Crippen LogP contribution in [0.4, 0.5) is 5.69 Å². The van der Waals surface area contributed by atoms with Crippen LogP contribution in [0.2, 0.25) is 0 Å². The molecule has 0 saturated carbocycles. The van der Waals surface area contributed by atoms with E-state index in [1.54, 1.807) is 48.3 Å². The van der Waals surface area contributed by atoms with E-state index in [2.05, 4.69) is 5.32 Å². The Morgan fingerprint density at radius 2 is 1.61 bits per heavy atom. The summed E-state index contributed by atoms with van der Waals surface area (Å²) >= 11 is 0. The van der Waals surface area contributed by atoms with Gasteiger partial charge in [0.15, 0.2) is 11.5 Å². The predicted molar refractivity (Wildman–Crippen MR) is 134 cm³/mol. The van der Waals surface area contributed by atoms with E-state index >= 15 is 0 Å². The summed E-state index contributed by atoms with van der Waals surface area (Å²) in [4.78, 5) is 42.6. The molecule has 2 aliphatic heterocycles. The zero-order chi connectivity index (χ0) is 25.2. The van der Waals surface area contributed by atoms with Gasteiger partial charge < -0.3 is 19.7 Å². The molecule has 5 rings (SSSR count). The van der Waals surface area contributed by atoms with E-state index in [9.17, 15) is 14.4 Å². The van der Waals surface area contributed by atoms with Gasteiger partial charge in [0.25, 0.3) is 11.8 Å². The van der Waals surface area contributed by atoms with E-state index < -0.39 is 6.17 Å². The number of methoxy groups -OCH3 is 2. The van der Waals surface area contributed by atoms with E-state index in [0.717, 1.165) is 11.1 Å². The van der Waals surface area contributed by atoms with E-state index in [0.29, 0.717) is 41.3 Å². The van der Waals surface area contributed by atoms with Gasteiger partial charge in [-0.2, -0.15) is 0 Å². The molecular formula is C28H27N3O5. The number of carbonyl (C=O) groups excluding carboxylic acids is 3. The van der Waals surface area contributed by atoms with Crippen LogP contribution in [-0.2, 0) is 11.2 Å². The minimum absolute atomic E-state index is 0.126. The summed E-state index contributed by atoms with van der Waals surface area (Å²) in [6, 6.07) is 20.1. The molecule has 8 nitrogen and oxygen atoms in total. The summed E-state index contributed by atoms with van der Waals surface area (Å²) in [7, 11) is 3.17. The van der Waals surface area contributed by atoms with Crippen LogP contribution in [-0.4, -0.2) is 49.9 Å². The van der Waals surface area contributed by atoms with Gasteiger partial charge in [0.1, 0.15) is 6.17 Å². The molecule has 3 aromatic rings. The number of ether oxygens (including phenoxy) is 2. The lowest BCUT2D eigenvalue weighted by atomic mass is 10.0. The number of rotatable bonds is 8. The molecule has 36 heavy (non-hydrogen) atoms. The Labute approximate surface area is 209 Å². The second-order valence-electron chi connectivity index (χ2n) is 8.69. The number of nitrogens with one attached hydrogen (secondary N) is 1. The third kappa shape index (κ3) is 4.04. The lowest BCUT2D eigenvalue weighted by molar-refractivity contribution is -0.121. The lowest BCUT2D eigenvalue weighted by Gasteiger charge is -2.40. The van der Waals surface area contributed by atoms with Crippen molar-refractivity contribution in [2.45, 2.75) is 19.0 Å². The number of nitrogens with zero attached hydrogens (tertiary/aromatic N) is 2. The van der Waals surface area contributed by atoms with Gasteiger partial charge in [0.05, 0.1) is 25.5 Å². The molecule has 2 aliphatic rings. The molecule has 0 aliphatic carbocycles. The van der Waals surface area contributed by atoms with Crippen molar-refractivity contribution in [2.75, 3.05) is 32.2 Å². The standard InChI is InChI=1S/C28H27N3O5/c1-35-23-12-11-18(17-24(23)36-2)13-15-29-25(32)14-16-30-26-19-7-3-4-8-20(19)28(34)31(26)22-10-6-5-9-21(22)27(30)33/h3-12,17,26H,13-16H2,1-2H3,(H,29,32)/t26-/m1/s1. The van der Waals surface area contributed by atoms with Gasteiger partial charge in [-0.25, -0.2) is 0 Å². The first kappa shape index (κ1) is 23.4. The average Bonchev–Trinajstić information content (AvgIpc) is 3.21. The summed E-state index contributed by atoms with van der Waals surface area (Å²) in [5.41, 5.74) is 3.43. The summed E-state index contributed by atoms with van der Waals surface area (Å²) in [5.74, 6) is 0.806. The van der Waals surface area contributed by atoms with Crippen molar-refractivity contribution in [3.8, 4) is 11.5 Å². The summed E-state index contributed by atoms with van der Waals surface area (Å²) < 4.78 is 10.6. The molecule has 8 heteroatoms. The number of fused-ring (bicyclic) bond motifs is 5. The summed E-state index contributed by atoms with van der Waals surface area (Å²) in [5, 5.41) is 2.93. The molecule has 0 radical (unpaired) electrons. The van der Waals surface area contributed by atoms with Crippen LogP contribution in [0.1, 0.15) is 44.4 Å². The van der Waals surface area contributed by atoms with Gasteiger partial charge in [-0.15, -0.1) is 0 Å². The van der Waals surface area contributed by atoms with Gasteiger partial charge in [0, 0.05) is 30.6 Å². The van der Waals surface area contributed by atoms with Crippen molar-refractivity contribution < 1.29 is 23.9 Å². The third-order valence-electron chi connectivity index (χ3n) is 6.65. The Bertz CT molecular complexity index is 1340. The Balaban J connectivity index is 1.27. The third-order valence-corrected chi connectivity index (χ3v) is 6.65. The molecule has 1 N–H and O–H groups in total. The largest absolute Gasteiger partial charge is 0.493 e. The molecule has 0 bridgehead atoms. The maximum absolute atomic E-state index is 13.4. The first-order valence-corrected chi connectivity index (χ1v) is 11.8. The minimum atomic E-state index is -0.560. The Morgan fingerprint density at radius 1 is 0.889 bits per heavy atom. The molecule has 3 amide bonds. The van der Waals surface area contributed by atoms with Gasteiger partial charge in [-0.05, 0) is 42.3 Å². The van der Waals surface area contributed by atoms with Crippen LogP contribution in [0, 0.1) is 0 Å². The topological polar surface area (TPSA) is 88.2 Å². The number of hydrogen-bond acceptors (Lipinski definition) is 5. The number of amides is 3. The average molecular weight is 486 g/mol. The molecule has 0 spiro atoms. The summed E-state index contributed by atoms with van der Waals surface area (Å²) in [6.45, 7) is 0.639. The predicted octanol–water partition coefficient (Wildman–Crippen LogP) is 3.57. The fourth-order valence-corrected chi connectivity index (χ4v) is 4.89. The van der Waals surface area contributed by atoms with E-state index in [1.165, 1.54) is 0 Å². The van der Waals surface area contributed by atoms with Crippen molar-refractivity contribution in [1.82, 2.24) is 10.2 Å². The molecule has 0 fully saturated rings. The van der Waals surface area contributed by atoms with Gasteiger partial charge >= 0.3 is 0 Å². The minimum Gasteiger partial charge on any atom is -0.493 e. The normalized spacial score (nSPS) is 15.8. The van der Waals surface area contributed by atoms with Gasteiger partial charge in [0.2, 0.25) is 5.91 Å². The molecule has 0 saturated heterocycles. The number of hydrogen-bond donors (Lipinski definition) is 1. The maximum Gasteiger partial charge on any atom is 0.260 e. The van der Waals surface area contributed by atoms with E-state index in [4.69, 9.17) is 9.47 Å². The SMILES string of the molecule is COc1ccc(CCNC(=O)CCN2C(=O)c3ccccc3N3C(=O)c4ccccc4[C@H]23)cc1OC. The van der Waals surface area contributed by atoms with Crippen molar-refractivity contribution in [3.63, 3.8) is 0 Å². The highest BCUT2D eigenvalue weighted by Gasteiger charge is 2.47. The second kappa shape index (κ2) is 9.73. The van der Waals surface area contributed by atoms with Crippen LogP contribution >= 0.6 is 0 Å². The fourth-order valence-electron chi connectivity index (χ4n) is 4.89. The van der Waals surface area contributed by atoms with Crippen LogP contribution in [0.3, 0.4) is 0 Å². The first-order valence-electron chi connectivity index (χ1n) is 11.8. The lowest BCUT2D eigenvalue weighted by Crippen LogP contribution is -2.49. The number of anilines is 1. The first-order chi connectivity index (χ1) is 17.5. The fraction of sp³-hybridized carbons (Fsp3) is 0.250. The van der Waals surface area contributed by atoms with Crippen molar-refractivity contribution in [2.24, 2.45) is 0 Å². The molecule has 0 aromatic heterocycles. The molecule has 1 atom stereocenters. The van der Waals surface area contributed by atoms with Crippen molar-refractivity contribution in [3.05, 3.63) is 89.0 Å². The maximum atomic E-state index is 13.4.